The minimum Gasteiger partial charge on any atom is -0.147 e. The number of hydrogen-bond donors (Lipinski definition) is 0. The van der Waals surface area contributed by atoms with Gasteiger partial charge in [-0.25, -0.2) is 0 Å². The number of hydrogen-bond acceptors (Lipinski definition) is 0. The molecule has 0 saturated heterocycles. The van der Waals surface area contributed by atoms with E-state index in [1.807, 2.05) is 0 Å². The van der Waals surface area contributed by atoms with Crippen molar-refractivity contribution in [3.63, 3.8) is 0 Å². The third-order valence-electron chi connectivity index (χ3n) is 1.69. The molecule has 1 aromatic carbocycles. The molecule has 0 amide bonds. The molecule has 68 valence electrons. The second kappa shape index (κ2) is 6.46. The van der Waals surface area contributed by atoms with Crippen molar-refractivity contribution in [3.8, 4) is 0 Å². The average Bonchev–Trinajstić information content (AvgIpc) is 2.03. The average molecular weight is 203 g/mol. The largest absolute Gasteiger partial charge is 0.147 e. The zero-order valence-corrected chi connectivity index (χ0v) is 9.37. The monoisotopic (exact) mass is 202 g/mol. The third kappa shape index (κ3) is 4.74. The molecular formula is C10H16ClP. The predicted octanol–water partition coefficient (Wildman–Crippen LogP) is 3.39. The Morgan fingerprint density at radius 2 is 1.67 bits per heavy atom. The van der Waals surface area contributed by atoms with Crippen LogP contribution in [-0.2, 0) is 6.42 Å². The highest BCUT2D eigenvalue weighted by Gasteiger charge is 1.93. The zero-order chi connectivity index (χ0) is 8.10. The summed E-state index contributed by atoms with van der Waals surface area (Å²) in [5.41, 5.74) is 1.48. The smallest absolute Gasteiger partial charge is 0.0240 e. The van der Waals surface area contributed by atoms with Gasteiger partial charge in [0.15, 0.2) is 0 Å². The fourth-order valence-corrected chi connectivity index (χ4v) is 1.70. The molecule has 0 unspecified atom stereocenters. The van der Waals surface area contributed by atoms with Gasteiger partial charge in [0.1, 0.15) is 0 Å². The van der Waals surface area contributed by atoms with Gasteiger partial charge < -0.3 is 0 Å². The predicted molar refractivity (Wildman–Crippen MR) is 61.0 cm³/mol. The molecular weight excluding hydrogens is 187 g/mol. The maximum atomic E-state index is 2.33. The molecule has 0 N–H and O–H groups in total. The Morgan fingerprint density at radius 1 is 1.08 bits per heavy atom. The van der Waals surface area contributed by atoms with Crippen molar-refractivity contribution < 1.29 is 0 Å². The van der Waals surface area contributed by atoms with Crippen molar-refractivity contribution in [2.24, 2.45) is 0 Å². The Balaban J connectivity index is 0.00000121. The van der Waals surface area contributed by atoms with Crippen molar-refractivity contribution in [2.45, 2.75) is 6.42 Å². The molecule has 0 heterocycles. The molecule has 0 aromatic heterocycles. The van der Waals surface area contributed by atoms with E-state index in [1.54, 1.807) is 0 Å². The van der Waals surface area contributed by atoms with E-state index in [2.05, 4.69) is 43.7 Å². The van der Waals surface area contributed by atoms with Gasteiger partial charge in [-0.15, -0.1) is 20.3 Å². The highest BCUT2D eigenvalue weighted by atomic mass is 35.5. The van der Waals surface area contributed by atoms with Crippen molar-refractivity contribution in [1.82, 2.24) is 0 Å². The van der Waals surface area contributed by atoms with Crippen LogP contribution in [0.3, 0.4) is 0 Å². The second-order valence-electron chi connectivity index (χ2n) is 3.04. The summed E-state index contributed by atoms with van der Waals surface area (Å²) >= 11 is 0. The Morgan fingerprint density at radius 3 is 2.17 bits per heavy atom. The fraction of sp³-hybridized carbons (Fsp3) is 0.400. The van der Waals surface area contributed by atoms with Gasteiger partial charge in [0.05, 0.1) is 0 Å². The van der Waals surface area contributed by atoms with Gasteiger partial charge in [0.25, 0.3) is 0 Å². The van der Waals surface area contributed by atoms with Gasteiger partial charge in [0.2, 0.25) is 0 Å². The van der Waals surface area contributed by atoms with E-state index < -0.39 is 0 Å². The fourth-order valence-electron chi connectivity index (χ4n) is 0.997. The first-order valence-electron chi connectivity index (χ1n) is 3.97. The van der Waals surface area contributed by atoms with Crippen LogP contribution in [0.2, 0.25) is 0 Å². The molecule has 0 atom stereocenters. The quantitative estimate of drug-likeness (QED) is 0.660. The van der Waals surface area contributed by atoms with Gasteiger partial charge in [-0.3, -0.25) is 0 Å². The van der Waals surface area contributed by atoms with Crippen molar-refractivity contribution in [1.29, 1.82) is 0 Å². The molecule has 0 fully saturated rings. The van der Waals surface area contributed by atoms with Crippen molar-refractivity contribution in [2.75, 3.05) is 19.5 Å². The van der Waals surface area contributed by atoms with E-state index in [1.165, 1.54) is 18.1 Å². The molecule has 0 nitrogen and oxygen atoms in total. The SMILES string of the molecule is CP(C)CCc1ccccc1.Cl. The Bertz CT molecular complexity index is 196. The van der Waals surface area contributed by atoms with Crippen LogP contribution in [-0.4, -0.2) is 19.5 Å². The number of halogens is 1. The van der Waals surface area contributed by atoms with E-state index in [0.717, 1.165) is 0 Å². The maximum Gasteiger partial charge on any atom is -0.0240 e. The maximum absolute atomic E-state index is 2.33. The van der Waals surface area contributed by atoms with E-state index in [0.29, 0.717) is 0 Å². The van der Waals surface area contributed by atoms with Gasteiger partial charge >= 0.3 is 0 Å². The van der Waals surface area contributed by atoms with E-state index in [9.17, 15) is 0 Å². The first-order chi connectivity index (χ1) is 5.29. The topological polar surface area (TPSA) is 0 Å². The number of benzene rings is 1. The minimum atomic E-state index is 0. The molecule has 12 heavy (non-hydrogen) atoms. The van der Waals surface area contributed by atoms with E-state index in [4.69, 9.17) is 0 Å². The van der Waals surface area contributed by atoms with Crippen LogP contribution in [0.4, 0.5) is 0 Å². The van der Waals surface area contributed by atoms with Crippen molar-refractivity contribution >= 4 is 20.3 Å². The van der Waals surface area contributed by atoms with Crippen LogP contribution in [0.25, 0.3) is 0 Å². The lowest BCUT2D eigenvalue weighted by atomic mass is 10.2. The molecule has 0 radical (unpaired) electrons. The van der Waals surface area contributed by atoms with Crippen LogP contribution >= 0.6 is 20.3 Å². The Hall–Kier alpha value is -0.0600. The number of aryl methyl sites for hydroxylation is 1. The highest BCUT2D eigenvalue weighted by Crippen LogP contribution is 2.24. The molecule has 0 saturated carbocycles. The Labute approximate surface area is 82.5 Å². The second-order valence-corrected chi connectivity index (χ2v) is 5.65. The van der Waals surface area contributed by atoms with E-state index >= 15 is 0 Å². The van der Waals surface area contributed by atoms with E-state index in [-0.39, 0.29) is 20.3 Å². The highest BCUT2D eigenvalue weighted by molar-refractivity contribution is 7.55. The summed E-state index contributed by atoms with van der Waals surface area (Å²) in [6.45, 7) is 4.66. The first kappa shape index (κ1) is 11.9. The molecule has 0 aliphatic carbocycles. The van der Waals surface area contributed by atoms with Gasteiger partial charge in [-0.1, -0.05) is 30.3 Å². The number of rotatable bonds is 3. The lowest BCUT2D eigenvalue weighted by Gasteiger charge is -2.04. The van der Waals surface area contributed by atoms with Crippen LogP contribution in [0.15, 0.2) is 30.3 Å². The van der Waals surface area contributed by atoms with Crippen LogP contribution < -0.4 is 0 Å². The molecule has 0 aliphatic heterocycles. The van der Waals surface area contributed by atoms with Crippen molar-refractivity contribution in [3.05, 3.63) is 35.9 Å². The molecule has 2 heteroatoms. The third-order valence-corrected chi connectivity index (χ3v) is 2.81. The normalized spacial score (nSPS) is 9.58. The van der Waals surface area contributed by atoms with Gasteiger partial charge in [-0.05, 0) is 31.5 Å². The molecule has 0 spiro atoms. The first-order valence-corrected chi connectivity index (χ1v) is 6.40. The Kier molecular flexibility index (Phi) is 6.42. The molecule has 0 bridgehead atoms. The lowest BCUT2D eigenvalue weighted by Crippen LogP contribution is -1.88. The van der Waals surface area contributed by atoms with Crippen LogP contribution in [0.5, 0.6) is 0 Å². The summed E-state index contributed by atoms with van der Waals surface area (Å²) in [4.78, 5) is 0. The standard InChI is InChI=1S/C10H15P.ClH/c1-11(2)9-8-10-6-4-3-5-7-10;/h3-7H,8-9H2,1-2H3;1H. The summed E-state index contributed by atoms with van der Waals surface area (Å²) in [6.07, 6.45) is 2.61. The summed E-state index contributed by atoms with van der Waals surface area (Å²) in [7, 11) is 0.276. The zero-order valence-electron chi connectivity index (χ0n) is 7.66. The lowest BCUT2D eigenvalue weighted by molar-refractivity contribution is 1.15. The summed E-state index contributed by atoms with van der Waals surface area (Å²) in [6, 6.07) is 10.7. The van der Waals surface area contributed by atoms with Gasteiger partial charge in [0, 0.05) is 0 Å². The molecule has 1 rings (SSSR count). The molecule has 0 aliphatic rings. The summed E-state index contributed by atoms with van der Waals surface area (Å²) < 4.78 is 0. The van der Waals surface area contributed by atoms with Crippen LogP contribution in [0, 0.1) is 0 Å². The van der Waals surface area contributed by atoms with Gasteiger partial charge in [-0.2, -0.15) is 0 Å². The molecule has 1 aromatic rings. The minimum absolute atomic E-state index is 0. The van der Waals surface area contributed by atoms with Crippen LogP contribution in [0.1, 0.15) is 5.56 Å². The summed E-state index contributed by atoms with van der Waals surface area (Å²) in [5.74, 6) is 0. The summed E-state index contributed by atoms with van der Waals surface area (Å²) in [5, 5.41) is 0.